The van der Waals surface area contributed by atoms with Crippen LogP contribution in [0.2, 0.25) is 0 Å². The molecule has 0 spiro atoms. The predicted molar refractivity (Wildman–Crippen MR) is 74.3 cm³/mol. The van der Waals surface area contributed by atoms with Crippen molar-refractivity contribution in [1.82, 2.24) is 0 Å². The Kier molecular flexibility index (Phi) is 2.30. The fraction of sp³-hybridized carbons (Fsp3) is 0.118. The molecule has 0 atom stereocenters. The first-order valence-electron chi connectivity index (χ1n) is 6.57. The summed E-state index contributed by atoms with van der Waals surface area (Å²) < 4.78 is 19.4. The standard InChI is InChI=1S/C17H11FO2/c18-14-6-1-3-10-9-16(20-17(10)14)13-5-2-4-12-11(13)7-8-15(12)19/h1-6,9H,7-8H2. The molecule has 20 heavy (non-hydrogen) atoms. The van der Waals surface area contributed by atoms with Gasteiger partial charge in [0.05, 0.1) is 0 Å². The van der Waals surface area contributed by atoms with Gasteiger partial charge in [0.25, 0.3) is 0 Å². The van der Waals surface area contributed by atoms with Crippen LogP contribution in [0.4, 0.5) is 4.39 Å². The van der Waals surface area contributed by atoms with Crippen LogP contribution in [0.15, 0.2) is 46.9 Å². The Morgan fingerprint density at radius 3 is 2.65 bits per heavy atom. The van der Waals surface area contributed by atoms with Crippen molar-refractivity contribution >= 4 is 16.8 Å². The lowest BCUT2D eigenvalue weighted by Crippen LogP contribution is -1.91. The second-order valence-corrected chi connectivity index (χ2v) is 5.02. The molecule has 2 aromatic carbocycles. The molecule has 1 heterocycles. The minimum atomic E-state index is -0.364. The number of ketones is 1. The molecule has 0 bridgehead atoms. The van der Waals surface area contributed by atoms with Gasteiger partial charge in [-0.15, -0.1) is 0 Å². The zero-order valence-corrected chi connectivity index (χ0v) is 10.7. The molecule has 0 fully saturated rings. The molecule has 2 nitrogen and oxygen atoms in total. The van der Waals surface area contributed by atoms with Crippen LogP contribution in [0.3, 0.4) is 0 Å². The van der Waals surface area contributed by atoms with Gasteiger partial charge in [-0.1, -0.05) is 30.3 Å². The van der Waals surface area contributed by atoms with Crippen LogP contribution in [-0.4, -0.2) is 5.78 Å². The summed E-state index contributed by atoms with van der Waals surface area (Å²) in [5.41, 5.74) is 2.94. The fourth-order valence-corrected chi connectivity index (χ4v) is 2.88. The van der Waals surface area contributed by atoms with E-state index in [1.807, 2.05) is 30.3 Å². The van der Waals surface area contributed by atoms with E-state index in [1.165, 1.54) is 6.07 Å². The van der Waals surface area contributed by atoms with Gasteiger partial charge in [0.2, 0.25) is 0 Å². The van der Waals surface area contributed by atoms with Crippen LogP contribution < -0.4 is 0 Å². The van der Waals surface area contributed by atoms with Crippen molar-refractivity contribution in [2.45, 2.75) is 12.8 Å². The Bertz CT molecular complexity index is 845. The van der Waals surface area contributed by atoms with Crippen molar-refractivity contribution in [2.24, 2.45) is 0 Å². The van der Waals surface area contributed by atoms with Crippen LogP contribution >= 0.6 is 0 Å². The van der Waals surface area contributed by atoms with Crippen molar-refractivity contribution in [3.63, 3.8) is 0 Å². The maximum atomic E-state index is 13.7. The normalized spacial score (nSPS) is 13.9. The molecule has 0 saturated carbocycles. The number of para-hydroxylation sites is 1. The van der Waals surface area contributed by atoms with Gasteiger partial charge < -0.3 is 4.42 Å². The lowest BCUT2D eigenvalue weighted by molar-refractivity contribution is 0.0994. The Morgan fingerprint density at radius 1 is 1.00 bits per heavy atom. The van der Waals surface area contributed by atoms with E-state index in [9.17, 15) is 9.18 Å². The minimum Gasteiger partial charge on any atom is -0.453 e. The van der Waals surface area contributed by atoms with Crippen LogP contribution in [-0.2, 0) is 6.42 Å². The van der Waals surface area contributed by atoms with E-state index in [-0.39, 0.29) is 17.2 Å². The van der Waals surface area contributed by atoms with Crippen LogP contribution in [0, 0.1) is 5.82 Å². The second-order valence-electron chi connectivity index (χ2n) is 5.02. The van der Waals surface area contributed by atoms with Crippen LogP contribution in [0.5, 0.6) is 0 Å². The van der Waals surface area contributed by atoms with E-state index < -0.39 is 0 Å². The molecule has 0 aliphatic heterocycles. The van der Waals surface area contributed by atoms with Gasteiger partial charge in [0.15, 0.2) is 17.2 Å². The van der Waals surface area contributed by atoms with Crippen molar-refractivity contribution in [2.75, 3.05) is 0 Å². The summed E-state index contributed by atoms with van der Waals surface area (Å²) in [4.78, 5) is 11.8. The first-order chi connectivity index (χ1) is 9.74. The third-order valence-corrected chi connectivity index (χ3v) is 3.84. The number of fused-ring (bicyclic) bond motifs is 2. The van der Waals surface area contributed by atoms with Gasteiger partial charge in [-0.25, -0.2) is 4.39 Å². The number of benzene rings is 2. The topological polar surface area (TPSA) is 30.2 Å². The van der Waals surface area contributed by atoms with Crippen LogP contribution in [0.25, 0.3) is 22.3 Å². The molecule has 1 aliphatic rings. The molecule has 0 N–H and O–H groups in total. The van der Waals surface area contributed by atoms with E-state index in [1.54, 1.807) is 6.07 Å². The highest BCUT2D eigenvalue weighted by Crippen LogP contribution is 2.35. The number of hydrogen-bond acceptors (Lipinski definition) is 2. The van der Waals surface area contributed by atoms with Gasteiger partial charge in [0.1, 0.15) is 5.76 Å². The summed E-state index contributed by atoms with van der Waals surface area (Å²) in [5, 5.41) is 0.738. The monoisotopic (exact) mass is 266 g/mol. The van der Waals surface area contributed by atoms with Crippen molar-refractivity contribution in [1.29, 1.82) is 0 Å². The Labute approximate surface area is 114 Å². The number of carbonyl (C=O) groups excluding carboxylic acids is 1. The first-order valence-corrected chi connectivity index (χ1v) is 6.57. The number of rotatable bonds is 1. The van der Waals surface area contributed by atoms with E-state index in [4.69, 9.17) is 4.42 Å². The lowest BCUT2D eigenvalue weighted by atomic mass is 10.0. The zero-order chi connectivity index (χ0) is 13.7. The van der Waals surface area contributed by atoms with Crippen molar-refractivity contribution in [3.8, 4) is 11.3 Å². The maximum Gasteiger partial charge on any atom is 0.170 e. The Morgan fingerprint density at radius 2 is 1.80 bits per heavy atom. The third-order valence-electron chi connectivity index (χ3n) is 3.84. The molecule has 3 heteroatoms. The molecule has 0 unspecified atom stereocenters. The number of Topliss-reactive ketones (excluding diaryl/α,β-unsaturated/α-hetero) is 1. The smallest absolute Gasteiger partial charge is 0.170 e. The van der Waals surface area contributed by atoms with Gasteiger partial charge in [0, 0.05) is 22.9 Å². The van der Waals surface area contributed by atoms with E-state index in [2.05, 4.69) is 0 Å². The molecule has 0 amide bonds. The summed E-state index contributed by atoms with van der Waals surface area (Å²) in [7, 11) is 0. The molecular formula is C17H11FO2. The highest BCUT2D eigenvalue weighted by Gasteiger charge is 2.23. The minimum absolute atomic E-state index is 0.171. The average molecular weight is 266 g/mol. The van der Waals surface area contributed by atoms with E-state index in [0.717, 1.165) is 28.5 Å². The summed E-state index contributed by atoms with van der Waals surface area (Å²) in [6.45, 7) is 0. The van der Waals surface area contributed by atoms with Crippen molar-refractivity contribution in [3.05, 3.63) is 59.4 Å². The fourth-order valence-electron chi connectivity index (χ4n) is 2.88. The molecule has 0 saturated heterocycles. The highest BCUT2D eigenvalue weighted by molar-refractivity contribution is 6.02. The van der Waals surface area contributed by atoms with E-state index >= 15 is 0 Å². The average Bonchev–Trinajstić information content (AvgIpc) is 3.04. The van der Waals surface area contributed by atoms with Gasteiger partial charge in [-0.05, 0) is 24.1 Å². The molecule has 3 aromatic rings. The molecule has 4 rings (SSSR count). The molecule has 1 aliphatic carbocycles. The van der Waals surface area contributed by atoms with Crippen LogP contribution in [0.1, 0.15) is 22.3 Å². The number of hydrogen-bond donors (Lipinski definition) is 0. The lowest BCUT2D eigenvalue weighted by Gasteiger charge is -2.04. The number of halogens is 1. The summed E-state index contributed by atoms with van der Waals surface area (Å²) in [6, 6.07) is 12.3. The van der Waals surface area contributed by atoms with E-state index in [0.29, 0.717) is 12.2 Å². The third kappa shape index (κ3) is 1.53. The Balaban J connectivity index is 1.96. The molecule has 0 radical (unpaired) electrons. The number of furan rings is 1. The number of carbonyl (C=O) groups is 1. The second kappa shape index (κ2) is 4.04. The summed E-state index contributed by atoms with van der Waals surface area (Å²) in [5.74, 6) is 0.429. The van der Waals surface area contributed by atoms with Gasteiger partial charge in [-0.2, -0.15) is 0 Å². The molecule has 1 aromatic heterocycles. The molecular weight excluding hydrogens is 255 g/mol. The first kappa shape index (κ1) is 11.4. The maximum absolute atomic E-state index is 13.7. The van der Waals surface area contributed by atoms with Gasteiger partial charge >= 0.3 is 0 Å². The van der Waals surface area contributed by atoms with Crippen molar-refractivity contribution < 1.29 is 13.6 Å². The zero-order valence-electron chi connectivity index (χ0n) is 10.7. The molecule has 98 valence electrons. The Hall–Kier alpha value is -2.42. The highest BCUT2D eigenvalue weighted by atomic mass is 19.1. The summed E-state index contributed by atoms with van der Waals surface area (Å²) >= 11 is 0. The summed E-state index contributed by atoms with van der Waals surface area (Å²) in [6.07, 6.45) is 1.27. The van der Waals surface area contributed by atoms with Gasteiger partial charge in [-0.3, -0.25) is 4.79 Å². The quantitative estimate of drug-likeness (QED) is 0.654. The SMILES string of the molecule is O=C1CCc2c1cccc2-c1cc2cccc(F)c2o1. The predicted octanol–water partition coefficient (Wildman–Crippen LogP) is 4.37. The largest absolute Gasteiger partial charge is 0.453 e.